The molecule has 0 heterocycles. The van der Waals surface area contributed by atoms with Crippen LogP contribution in [0.5, 0.6) is 0 Å². The van der Waals surface area contributed by atoms with E-state index in [1.165, 1.54) is 205 Å². The maximum Gasteiger partial charge on any atom is 0.303 e. The van der Waals surface area contributed by atoms with Crippen LogP contribution in [-0.4, -0.2) is 59.0 Å². The van der Waals surface area contributed by atoms with Gasteiger partial charge in [-0.1, -0.05) is 219 Å². The molecule has 5 nitrogen and oxygen atoms in total. The molecule has 48 heavy (non-hydrogen) atoms. The van der Waals surface area contributed by atoms with Gasteiger partial charge in [-0.2, -0.15) is 0 Å². The van der Waals surface area contributed by atoms with Crippen molar-refractivity contribution in [2.45, 2.75) is 239 Å². The molecule has 0 bridgehead atoms. The lowest BCUT2D eigenvalue weighted by Gasteiger charge is -2.19. The van der Waals surface area contributed by atoms with Crippen LogP contribution in [0.3, 0.4) is 0 Å². The molecule has 0 rings (SSSR count). The number of aliphatic carboxylic acids is 1. The Labute approximate surface area is 301 Å². The Morgan fingerprint density at radius 2 is 0.583 bits per heavy atom. The predicted octanol–water partition coefficient (Wildman–Crippen LogP) is 13.0. The van der Waals surface area contributed by atoms with E-state index < -0.39 is 5.97 Å². The fourth-order valence-electron chi connectivity index (χ4n) is 6.68. The van der Waals surface area contributed by atoms with Crippen molar-refractivity contribution in [3.05, 3.63) is 0 Å². The lowest BCUT2D eigenvalue weighted by atomic mass is 10.0. The van der Waals surface area contributed by atoms with Crippen molar-refractivity contribution < 1.29 is 20.1 Å². The van der Waals surface area contributed by atoms with Crippen LogP contribution in [-0.2, 0) is 4.79 Å². The Morgan fingerprint density at radius 3 is 0.812 bits per heavy atom. The molecule has 0 aromatic rings. The first-order valence-electron chi connectivity index (χ1n) is 21.8. The first-order valence-corrected chi connectivity index (χ1v) is 21.8. The first kappa shape index (κ1) is 49.5. The van der Waals surface area contributed by atoms with Gasteiger partial charge in [-0.05, 0) is 19.4 Å². The second-order valence-electron chi connectivity index (χ2n) is 14.7. The van der Waals surface area contributed by atoms with E-state index in [0.29, 0.717) is 19.5 Å². The van der Waals surface area contributed by atoms with E-state index in [1.807, 2.05) is 0 Å². The van der Waals surface area contributed by atoms with E-state index >= 15 is 0 Å². The van der Waals surface area contributed by atoms with Gasteiger partial charge >= 0.3 is 5.97 Å². The summed E-state index contributed by atoms with van der Waals surface area (Å²) in [5, 5.41) is 26.5. The number of aliphatic hydroxyl groups is 2. The number of rotatable bonds is 40. The lowest BCUT2D eigenvalue weighted by Crippen LogP contribution is -2.30. The number of carboxylic acid groups (broad SMARTS) is 1. The maximum absolute atomic E-state index is 10.3. The molecule has 0 radical (unpaired) electrons. The average Bonchev–Trinajstić information content (AvgIpc) is 3.08. The first-order chi connectivity index (χ1) is 23.6. The fourth-order valence-corrected chi connectivity index (χ4v) is 6.68. The molecule has 0 aliphatic carbocycles. The van der Waals surface area contributed by atoms with Crippen molar-refractivity contribution in [3.63, 3.8) is 0 Å². The molecule has 0 aromatic heterocycles. The highest BCUT2D eigenvalue weighted by Crippen LogP contribution is 2.16. The van der Waals surface area contributed by atoms with Crippen LogP contribution in [0.1, 0.15) is 239 Å². The minimum absolute atomic E-state index is 0.194. The van der Waals surface area contributed by atoms with Crippen molar-refractivity contribution in [2.24, 2.45) is 0 Å². The number of unbranched alkanes of at least 4 members (excludes halogenated alkanes) is 32. The molecule has 0 amide bonds. The normalized spacial score (nSPS) is 11.3. The fraction of sp³-hybridized carbons (Fsp3) is 0.977. The number of nitrogens with zero attached hydrogens (tertiary/aromatic N) is 1. The smallest absolute Gasteiger partial charge is 0.303 e. The number of carbonyl (C=O) groups is 1. The monoisotopic (exact) mass is 684 g/mol. The molecule has 0 spiro atoms. The Morgan fingerprint density at radius 1 is 0.354 bits per heavy atom. The largest absolute Gasteiger partial charge is 0.481 e. The molecule has 3 N–H and O–H groups in total. The topological polar surface area (TPSA) is 81.0 Å². The molecule has 0 saturated carbocycles. The Kier molecular flexibility index (Phi) is 47.8. The van der Waals surface area contributed by atoms with E-state index in [0.717, 1.165) is 19.4 Å². The van der Waals surface area contributed by atoms with E-state index in [1.54, 1.807) is 0 Å². The van der Waals surface area contributed by atoms with Crippen molar-refractivity contribution in [2.75, 3.05) is 32.8 Å². The summed E-state index contributed by atoms with van der Waals surface area (Å²) in [5.74, 6) is -0.655. The van der Waals surface area contributed by atoms with E-state index in [-0.39, 0.29) is 13.2 Å². The maximum atomic E-state index is 10.3. The molecule has 0 unspecified atom stereocenters. The van der Waals surface area contributed by atoms with Crippen LogP contribution in [0.4, 0.5) is 0 Å². The quantitative estimate of drug-likeness (QED) is 0.0560. The highest BCUT2D eigenvalue weighted by molar-refractivity contribution is 5.66. The minimum atomic E-state index is -0.655. The highest BCUT2D eigenvalue weighted by atomic mass is 16.4. The van der Waals surface area contributed by atoms with Crippen LogP contribution in [0, 0.1) is 0 Å². The molecule has 5 heteroatoms. The van der Waals surface area contributed by atoms with Gasteiger partial charge in [0, 0.05) is 19.5 Å². The number of carboxylic acids is 1. The standard InChI is InChI=1S/C28H59NO2.C15H30O2/c1-2-3-4-5-6-7-8-9-10-11-12-13-14-15-16-17-18-19-20-21-22-23-24-29(25-27-30)26-28-31;1-2-3-4-5-6-7-8-9-10-11-12-13-14-15(16)17/h30-31H,2-28H2,1H3;2-14H2,1H3,(H,16,17). The van der Waals surface area contributed by atoms with Crippen LogP contribution < -0.4 is 0 Å². The van der Waals surface area contributed by atoms with E-state index in [9.17, 15) is 4.79 Å². The zero-order valence-corrected chi connectivity index (χ0v) is 33.0. The van der Waals surface area contributed by atoms with Gasteiger partial charge in [0.25, 0.3) is 0 Å². The zero-order chi connectivity index (χ0) is 35.4. The third kappa shape index (κ3) is 47.5. The van der Waals surface area contributed by atoms with Crippen molar-refractivity contribution in [1.29, 1.82) is 0 Å². The third-order valence-electron chi connectivity index (χ3n) is 9.90. The minimum Gasteiger partial charge on any atom is -0.481 e. The van der Waals surface area contributed by atoms with Crippen molar-refractivity contribution in [1.82, 2.24) is 4.90 Å². The summed E-state index contributed by atoms with van der Waals surface area (Å²) in [5.41, 5.74) is 0. The van der Waals surface area contributed by atoms with E-state index in [2.05, 4.69) is 18.7 Å². The number of hydrogen-bond donors (Lipinski definition) is 3. The van der Waals surface area contributed by atoms with Crippen molar-refractivity contribution in [3.8, 4) is 0 Å². The molecule has 0 aliphatic heterocycles. The van der Waals surface area contributed by atoms with Gasteiger partial charge in [0.2, 0.25) is 0 Å². The summed E-state index contributed by atoms with van der Waals surface area (Å²) in [7, 11) is 0. The van der Waals surface area contributed by atoms with Gasteiger partial charge in [0.1, 0.15) is 0 Å². The molecule has 0 aromatic carbocycles. The molecule has 0 fully saturated rings. The van der Waals surface area contributed by atoms with Crippen LogP contribution in [0.15, 0.2) is 0 Å². The highest BCUT2D eigenvalue weighted by Gasteiger charge is 2.03. The van der Waals surface area contributed by atoms with Gasteiger partial charge in [0.05, 0.1) is 13.2 Å². The van der Waals surface area contributed by atoms with Crippen LogP contribution in [0.2, 0.25) is 0 Å². The van der Waals surface area contributed by atoms with Gasteiger partial charge < -0.3 is 15.3 Å². The molecular weight excluding hydrogens is 594 g/mol. The molecule has 0 saturated heterocycles. The zero-order valence-electron chi connectivity index (χ0n) is 33.0. The third-order valence-corrected chi connectivity index (χ3v) is 9.90. The van der Waals surface area contributed by atoms with Gasteiger partial charge in [-0.15, -0.1) is 0 Å². The number of aliphatic hydroxyl groups excluding tert-OH is 2. The number of hydrogen-bond acceptors (Lipinski definition) is 4. The summed E-state index contributed by atoms with van der Waals surface area (Å²) in [4.78, 5) is 12.4. The average molecular weight is 684 g/mol. The second-order valence-corrected chi connectivity index (χ2v) is 14.7. The van der Waals surface area contributed by atoms with Gasteiger partial charge in [-0.3, -0.25) is 9.69 Å². The van der Waals surface area contributed by atoms with Gasteiger partial charge in [0.15, 0.2) is 0 Å². The molecular formula is C43H89NO4. The summed E-state index contributed by atoms with van der Waals surface area (Å²) < 4.78 is 0. The van der Waals surface area contributed by atoms with Gasteiger partial charge in [-0.25, -0.2) is 0 Å². The Hall–Kier alpha value is -0.650. The second kappa shape index (κ2) is 46.4. The summed E-state index contributed by atoms with van der Waals surface area (Å²) in [6, 6.07) is 0. The van der Waals surface area contributed by atoms with Crippen molar-refractivity contribution >= 4 is 5.97 Å². The molecule has 0 atom stereocenters. The Balaban J connectivity index is 0. The molecule has 0 aliphatic rings. The van der Waals surface area contributed by atoms with E-state index in [4.69, 9.17) is 15.3 Å². The van der Waals surface area contributed by atoms with Crippen LogP contribution in [0.25, 0.3) is 0 Å². The summed E-state index contributed by atoms with van der Waals surface area (Å²) >= 11 is 0. The molecule has 290 valence electrons. The summed E-state index contributed by atoms with van der Waals surface area (Å²) in [6.45, 7) is 7.34. The predicted molar refractivity (Wildman–Crippen MR) is 211 cm³/mol. The Bertz CT molecular complexity index is 567. The SMILES string of the molecule is CCCCCCCCCCCCCCC(=O)O.CCCCCCCCCCCCCCCCCCCCCCCCN(CCO)CCO. The van der Waals surface area contributed by atoms with Crippen LogP contribution >= 0.6 is 0 Å². The summed E-state index contributed by atoms with van der Waals surface area (Å²) in [6.07, 6.45) is 47.0. The lowest BCUT2D eigenvalue weighted by molar-refractivity contribution is -0.137.